The van der Waals surface area contributed by atoms with E-state index in [0.717, 1.165) is 38.8 Å². The molecule has 0 aliphatic heterocycles. The van der Waals surface area contributed by atoms with Gasteiger partial charge < -0.3 is 14.8 Å². The first-order chi connectivity index (χ1) is 15.5. The van der Waals surface area contributed by atoms with Gasteiger partial charge in [0.05, 0.1) is 0 Å². The number of hydrogen-bond acceptors (Lipinski definition) is 3. The topological polar surface area (TPSA) is 41.5 Å². The molecule has 32 heavy (non-hydrogen) atoms. The fourth-order valence-electron chi connectivity index (χ4n) is 4.67. The van der Waals surface area contributed by atoms with Crippen LogP contribution in [-0.2, 0) is 4.43 Å². The number of aliphatic hydroxyl groups excluding tert-OH is 1. The van der Waals surface area contributed by atoms with Gasteiger partial charge in [0, 0.05) is 19.3 Å². The van der Waals surface area contributed by atoms with Crippen LogP contribution in [0.15, 0.2) is 60.7 Å². The Labute approximate surface area is 197 Å². The monoisotopic (exact) mass is 455 g/mol. The summed E-state index contributed by atoms with van der Waals surface area (Å²) in [5.41, 5.74) is 0. The quantitative estimate of drug-likeness (QED) is 0.284. The predicted octanol–water partition coefficient (Wildman–Crippen LogP) is 5.26. The van der Waals surface area contributed by atoms with E-state index in [1.165, 1.54) is 29.6 Å². The van der Waals surface area contributed by atoms with Crippen LogP contribution in [0, 0.1) is 0 Å². The molecule has 178 valence electrons. The van der Waals surface area contributed by atoms with Crippen LogP contribution in [0.25, 0.3) is 0 Å². The van der Waals surface area contributed by atoms with E-state index in [2.05, 4.69) is 93.7 Å². The molecule has 0 unspecified atom stereocenters. The molecule has 0 spiro atoms. The van der Waals surface area contributed by atoms with Crippen molar-refractivity contribution >= 4 is 18.7 Å². The van der Waals surface area contributed by atoms with Crippen LogP contribution in [0.4, 0.5) is 0 Å². The first kappa shape index (κ1) is 26.8. The van der Waals surface area contributed by atoms with Crippen LogP contribution in [0.1, 0.15) is 72.6 Å². The van der Waals surface area contributed by atoms with Crippen molar-refractivity contribution < 1.29 is 9.53 Å². The summed E-state index contributed by atoms with van der Waals surface area (Å²) in [6.07, 6.45) is 7.90. The van der Waals surface area contributed by atoms with E-state index in [9.17, 15) is 5.11 Å². The van der Waals surface area contributed by atoms with Crippen molar-refractivity contribution in [2.75, 3.05) is 19.8 Å². The van der Waals surface area contributed by atoms with Gasteiger partial charge in [0.1, 0.15) is 0 Å². The Morgan fingerprint density at radius 2 is 1.44 bits per heavy atom. The van der Waals surface area contributed by atoms with Crippen LogP contribution in [0.2, 0.25) is 5.04 Å². The standard InChI is InChI=1S/C28H45NO2Si/c1-5-6-9-16-25(21-23-30)29-22-14-15-24-31-32(28(2,3)4,26-17-10-7-11-18-26)27-19-12-8-13-20-27/h7-8,10-13,17-20,25,29-30H,5-6,9,14-16,21-24H2,1-4H3/t25-/m0/s1. The molecule has 0 fully saturated rings. The maximum Gasteiger partial charge on any atom is 0.261 e. The third-order valence-electron chi connectivity index (χ3n) is 6.37. The Kier molecular flexibility index (Phi) is 11.7. The van der Waals surface area contributed by atoms with E-state index in [0.29, 0.717) is 6.04 Å². The molecule has 3 nitrogen and oxygen atoms in total. The number of unbranched alkanes of at least 4 members (excludes halogenated alkanes) is 3. The van der Waals surface area contributed by atoms with Gasteiger partial charge >= 0.3 is 0 Å². The van der Waals surface area contributed by atoms with E-state index in [1.807, 2.05) is 0 Å². The zero-order valence-corrected chi connectivity index (χ0v) is 21.8. The lowest BCUT2D eigenvalue weighted by Crippen LogP contribution is -2.66. The normalized spacial score (nSPS) is 13.3. The lowest BCUT2D eigenvalue weighted by Gasteiger charge is -2.43. The summed E-state index contributed by atoms with van der Waals surface area (Å²) in [6.45, 7) is 11.3. The molecule has 1 atom stereocenters. The van der Waals surface area contributed by atoms with E-state index in [1.54, 1.807) is 0 Å². The summed E-state index contributed by atoms with van der Waals surface area (Å²) in [5.74, 6) is 0. The first-order valence-electron chi connectivity index (χ1n) is 12.5. The molecule has 0 saturated carbocycles. The second-order valence-electron chi connectivity index (χ2n) is 9.88. The van der Waals surface area contributed by atoms with Gasteiger partial charge in [-0.25, -0.2) is 0 Å². The molecular formula is C28H45NO2Si. The maximum atomic E-state index is 9.36. The Morgan fingerprint density at radius 1 is 0.844 bits per heavy atom. The minimum Gasteiger partial charge on any atom is -0.407 e. The van der Waals surface area contributed by atoms with Gasteiger partial charge in [-0.05, 0) is 47.6 Å². The molecule has 4 heteroatoms. The van der Waals surface area contributed by atoms with Crippen molar-refractivity contribution in [3.63, 3.8) is 0 Å². The van der Waals surface area contributed by atoms with Crippen LogP contribution in [0.3, 0.4) is 0 Å². The average Bonchev–Trinajstić information content (AvgIpc) is 2.79. The Bertz CT molecular complexity index is 691. The molecular weight excluding hydrogens is 410 g/mol. The minimum atomic E-state index is -2.42. The van der Waals surface area contributed by atoms with Crippen molar-refractivity contribution in [2.24, 2.45) is 0 Å². The highest BCUT2D eigenvalue weighted by molar-refractivity contribution is 6.99. The summed E-state index contributed by atoms with van der Waals surface area (Å²) in [7, 11) is -2.42. The summed E-state index contributed by atoms with van der Waals surface area (Å²) in [4.78, 5) is 0. The summed E-state index contributed by atoms with van der Waals surface area (Å²) < 4.78 is 6.97. The molecule has 0 aromatic heterocycles. The Balaban J connectivity index is 2.01. The third kappa shape index (κ3) is 7.55. The van der Waals surface area contributed by atoms with E-state index < -0.39 is 8.32 Å². The van der Waals surface area contributed by atoms with E-state index in [-0.39, 0.29) is 11.6 Å². The average molecular weight is 456 g/mol. The molecule has 0 aliphatic rings. The van der Waals surface area contributed by atoms with Crippen molar-refractivity contribution in [1.29, 1.82) is 0 Å². The van der Waals surface area contributed by atoms with Gasteiger partial charge in [-0.3, -0.25) is 0 Å². The minimum absolute atomic E-state index is 0.0272. The van der Waals surface area contributed by atoms with Crippen LogP contribution in [-0.4, -0.2) is 39.2 Å². The number of nitrogens with one attached hydrogen (secondary N) is 1. The molecule has 2 aromatic carbocycles. The highest BCUT2D eigenvalue weighted by Gasteiger charge is 2.49. The zero-order valence-electron chi connectivity index (χ0n) is 20.8. The predicted molar refractivity (Wildman–Crippen MR) is 140 cm³/mol. The van der Waals surface area contributed by atoms with Crippen LogP contribution >= 0.6 is 0 Å². The number of hydrogen-bond donors (Lipinski definition) is 2. The molecule has 0 heterocycles. The summed E-state index contributed by atoms with van der Waals surface area (Å²) >= 11 is 0. The third-order valence-corrected chi connectivity index (χ3v) is 11.4. The SMILES string of the molecule is CCCCC[C@@H](CCO)NCCCCO[Si](c1ccccc1)(c1ccccc1)C(C)(C)C. The zero-order chi connectivity index (χ0) is 23.3. The molecule has 0 saturated heterocycles. The van der Waals surface area contributed by atoms with Gasteiger partial charge in [0.15, 0.2) is 0 Å². The van der Waals surface area contributed by atoms with Crippen molar-refractivity contribution in [1.82, 2.24) is 5.32 Å². The first-order valence-corrected chi connectivity index (χ1v) is 14.5. The molecule has 0 aliphatic carbocycles. The van der Waals surface area contributed by atoms with Crippen molar-refractivity contribution in [3.8, 4) is 0 Å². The van der Waals surface area contributed by atoms with Gasteiger partial charge in [0.2, 0.25) is 0 Å². The molecule has 0 amide bonds. The fourth-order valence-corrected chi connectivity index (χ4v) is 9.27. The van der Waals surface area contributed by atoms with Crippen molar-refractivity contribution in [2.45, 2.75) is 83.7 Å². The maximum absolute atomic E-state index is 9.36. The largest absolute Gasteiger partial charge is 0.407 e. The molecule has 2 rings (SSSR count). The van der Waals surface area contributed by atoms with Crippen LogP contribution in [0.5, 0.6) is 0 Å². The van der Waals surface area contributed by atoms with Crippen LogP contribution < -0.4 is 15.7 Å². The number of benzene rings is 2. The fraction of sp³-hybridized carbons (Fsp3) is 0.571. The summed E-state index contributed by atoms with van der Waals surface area (Å²) in [6, 6.07) is 22.2. The smallest absolute Gasteiger partial charge is 0.261 e. The second-order valence-corrected chi connectivity index (χ2v) is 14.2. The second kappa shape index (κ2) is 13.9. The lowest BCUT2D eigenvalue weighted by atomic mass is 10.1. The Hall–Kier alpha value is -1.46. The van der Waals surface area contributed by atoms with Crippen molar-refractivity contribution in [3.05, 3.63) is 60.7 Å². The van der Waals surface area contributed by atoms with E-state index in [4.69, 9.17) is 4.43 Å². The molecule has 2 N–H and O–H groups in total. The highest BCUT2D eigenvalue weighted by Crippen LogP contribution is 2.36. The van der Waals surface area contributed by atoms with Gasteiger partial charge in [-0.1, -0.05) is 108 Å². The number of aliphatic hydroxyl groups is 1. The number of rotatable bonds is 15. The Morgan fingerprint density at radius 3 is 1.94 bits per heavy atom. The lowest BCUT2D eigenvalue weighted by molar-refractivity contribution is 0.255. The highest BCUT2D eigenvalue weighted by atomic mass is 28.4. The van der Waals surface area contributed by atoms with Gasteiger partial charge in [-0.15, -0.1) is 0 Å². The van der Waals surface area contributed by atoms with Gasteiger partial charge in [-0.2, -0.15) is 0 Å². The van der Waals surface area contributed by atoms with E-state index >= 15 is 0 Å². The summed E-state index contributed by atoms with van der Waals surface area (Å²) in [5, 5.41) is 15.7. The van der Waals surface area contributed by atoms with Gasteiger partial charge in [0.25, 0.3) is 8.32 Å². The molecule has 2 aromatic rings. The molecule has 0 bridgehead atoms. The molecule has 0 radical (unpaired) electrons.